The van der Waals surface area contributed by atoms with Gasteiger partial charge in [0.25, 0.3) is 5.92 Å². The van der Waals surface area contributed by atoms with Crippen molar-refractivity contribution < 1.29 is 28.2 Å². The monoisotopic (exact) mass is 324 g/mol. The number of halogens is 2. The van der Waals surface area contributed by atoms with Crippen LogP contribution in [0.1, 0.15) is 12.8 Å². The molecule has 4 atom stereocenters. The fourth-order valence-corrected chi connectivity index (χ4v) is 3.18. The van der Waals surface area contributed by atoms with Gasteiger partial charge in [-0.15, -0.1) is 0 Å². The van der Waals surface area contributed by atoms with Crippen molar-refractivity contribution in [2.75, 3.05) is 6.61 Å². The average Bonchev–Trinajstić information content (AvgIpc) is 2.99. The van der Waals surface area contributed by atoms with Gasteiger partial charge in [0, 0.05) is 18.3 Å². The van der Waals surface area contributed by atoms with E-state index in [4.69, 9.17) is 9.47 Å². The largest absolute Gasteiger partial charge is 0.487 e. The highest BCUT2D eigenvalue weighted by Gasteiger charge is 2.48. The molecule has 1 heterocycles. The molecule has 0 aromatic heterocycles. The molecule has 1 saturated carbocycles. The number of aliphatic hydroxyl groups is 1. The Bertz CT molecular complexity index is 588. The molecule has 0 amide bonds. The normalized spacial score (nSPS) is 30.5. The summed E-state index contributed by atoms with van der Waals surface area (Å²) >= 11 is 0. The quantitative estimate of drug-likeness (QED) is 0.668. The standard InChI is InChI=1S/C17H18F2O4/c18-17(19,10-22-11-4-2-1-3-5-11)7-6-12-13-8-16(21)23-15(13)9-14(12)20/h1-7,12-15,20H,8-10H2/b7-6+/t12-,13-,14-,15+/m0/s1. The predicted octanol–water partition coefficient (Wildman–Crippen LogP) is 2.57. The summed E-state index contributed by atoms with van der Waals surface area (Å²) in [5.41, 5.74) is 0. The molecule has 6 heteroatoms. The first-order chi connectivity index (χ1) is 10.9. The second-order valence-electron chi connectivity index (χ2n) is 6.00. The minimum atomic E-state index is -3.16. The topological polar surface area (TPSA) is 55.8 Å². The van der Waals surface area contributed by atoms with Crippen LogP contribution in [0, 0.1) is 11.8 Å². The van der Waals surface area contributed by atoms with Crippen LogP contribution in [-0.4, -0.2) is 35.8 Å². The number of rotatable bonds is 5. The van der Waals surface area contributed by atoms with Crippen LogP contribution in [0.3, 0.4) is 0 Å². The lowest BCUT2D eigenvalue weighted by molar-refractivity contribution is -0.141. The Hall–Kier alpha value is -1.95. The van der Waals surface area contributed by atoms with E-state index >= 15 is 0 Å². The van der Waals surface area contributed by atoms with Crippen molar-refractivity contribution >= 4 is 5.97 Å². The Labute approximate surface area is 132 Å². The zero-order valence-electron chi connectivity index (χ0n) is 12.4. The molecule has 0 radical (unpaired) electrons. The lowest BCUT2D eigenvalue weighted by Crippen LogP contribution is -2.25. The lowest BCUT2D eigenvalue weighted by Gasteiger charge is -2.17. The first-order valence-corrected chi connectivity index (χ1v) is 7.57. The second-order valence-corrected chi connectivity index (χ2v) is 6.00. The van der Waals surface area contributed by atoms with Gasteiger partial charge in [-0.05, 0) is 18.2 Å². The van der Waals surface area contributed by atoms with E-state index in [0.29, 0.717) is 12.2 Å². The number of esters is 1. The van der Waals surface area contributed by atoms with Gasteiger partial charge in [0.1, 0.15) is 11.9 Å². The number of fused-ring (bicyclic) bond motifs is 1. The zero-order valence-corrected chi connectivity index (χ0v) is 12.4. The molecule has 23 heavy (non-hydrogen) atoms. The number of carbonyl (C=O) groups excluding carboxylic acids is 1. The minimum Gasteiger partial charge on any atom is -0.487 e. The molecule has 124 valence electrons. The molecule has 0 spiro atoms. The Morgan fingerprint density at radius 1 is 1.35 bits per heavy atom. The number of hydrogen-bond donors (Lipinski definition) is 1. The SMILES string of the molecule is O=C1C[C@H]2[C@H](/C=C/C(F)(F)COc3ccccc3)[C@@H](O)C[C@H]2O1. The molecule has 1 aliphatic heterocycles. The Balaban J connectivity index is 1.60. The van der Waals surface area contributed by atoms with Crippen LogP contribution in [-0.2, 0) is 9.53 Å². The maximum absolute atomic E-state index is 13.9. The van der Waals surface area contributed by atoms with Crippen LogP contribution in [0.5, 0.6) is 5.75 Å². The molecule has 3 rings (SSSR count). The van der Waals surface area contributed by atoms with Crippen molar-refractivity contribution in [3.05, 3.63) is 42.5 Å². The summed E-state index contributed by atoms with van der Waals surface area (Å²) < 4.78 is 38.0. The van der Waals surface area contributed by atoms with Gasteiger partial charge in [0.2, 0.25) is 0 Å². The summed E-state index contributed by atoms with van der Waals surface area (Å²) in [6.07, 6.45) is 1.41. The van der Waals surface area contributed by atoms with E-state index in [-0.39, 0.29) is 24.4 Å². The van der Waals surface area contributed by atoms with E-state index in [1.54, 1.807) is 30.3 Å². The van der Waals surface area contributed by atoms with Crippen molar-refractivity contribution in [1.82, 2.24) is 0 Å². The zero-order chi connectivity index (χ0) is 16.4. The molecular weight excluding hydrogens is 306 g/mol. The Morgan fingerprint density at radius 3 is 2.83 bits per heavy atom. The van der Waals surface area contributed by atoms with E-state index in [9.17, 15) is 18.7 Å². The van der Waals surface area contributed by atoms with Gasteiger partial charge in [-0.25, -0.2) is 0 Å². The molecule has 2 aliphatic rings. The lowest BCUT2D eigenvalue weighted by atomic mass is 9.91. The third kappa shape index (κ3) is 3.69. The molecule has 0 unspecified atom stereocenters. The first-order valence-electron chi connectivity index (χ1n) is 7.57. The Morgan fingerprint density at radius 2 is 2.09 bits per heavy atom. The number of para-hydroxylation sites is 1. The highest BCUT2D eigenvalue weighted by Crippen LogP contribution is 2.42. The fourth-order valence-electron chi connectivity index (χ4n) is 3.18. The smallest absolute Gasteiger partial charge is 0.306 e. The van der Waals surface area contributed by atoms with E-state index < -0.39 is 24.6 Å². The molecule has 1 aliphatic carbocycles. The minimum absolute atomic E-state index is 0.169. The van der Waals surface area contributed by atoms with Crippen molar-refractivity contribution in [3.63, 3.8) is 0 Å². The molecule has 0 bridgehead atoms. The molecule has 1 saturated heterocycles. The van der Waals surface area contributed by atoms with Crippen LogP contribution in [0.15, 0.2) is 42.5 Å². The second kappa shape index (κ2) is 6.28. The van der Waals surface area contributed by atoms with Crippen LogP contribution in [0.25, 0.3) is 0 Å². The molecule has 4 nitrogen and oxygen atoms in total. The summed E-state index contributed by atoms with van der Waals surface area (Å²) in [5.74, 6) is -3.83. The van der Waals surface area contributed by atoms with E-state index in [1.807, 2.05) is 0 Å². The third-order valence-corrected chi connectivity index (χ3v) is 4.31. The van der Waals surface area contributed by atoms with E-state index in [0.717, 1.165) is 6.08 Å². The van der Waals surface area contributed by atoms with Crippen LogP contribution in [0.2, 0.25) is 0 Å². The van der Waals surface area contributed by atoms with Gasteiger partial charge in [-0.1, -0.05) is 24.3 Å². The van der Waals surface area contributed by atoms with Crippen molar-refractivity contribution in [2.24, 2.45) is 11.8 Å². The van der Waals surface area contributed by atoms with Gasteiger partial charge in [-0.3, -0.25) is 4.79 Å². The van der Waals surface area contributed by atoms with Gasteiger partial charge in [-0.2, -0.15) is 8.78 Å². The molecule has 1 aromatic carbocycles. The summed E-state index contributed by atoms with van der Waals surface area (Å²) in [5, 5.41) is 9.97. The molecule has 1 aromatic rings. The molecule has 1 N–H and O–H groups in total. The summed E-state index contributed by atoms with van der Waals surface area (Å²) in [4.78, 5) is 11.3. The van der Waals surface area contributed by atoms with Gasteiger partial charge in [0.05, 0.1) is 12.5 Å². The van der Waals surface area contributed by atoms with Crippen molar-refractivity contribution in [3.8, 4) is 5.75 Å². The first kappa shape index (κ1) is 15.9. The summed E-state index contributed by atoms with van der Waals surface area (Å²) in [6, 6.07) is 8.39. The summed E-state index contributed by atoms with van der Waals surface area (Å²) in [7, 11) is 0. The van der Waals surface area contributed by atoms with E-state index in [1.165, 1.54) is 6.08 Å². The number of benzene rings is 1. The Kier molecular flexibility index (Phi) is 4.35. The molecule has 2 fully saturated rings. The molecular formula is C17H18F2O4. The van der Waals surface area contributed by atoms with Crippen LogP contribution < -0.4 is 4.74 Å². The fraction of sp³-hybridized carbons (Fsp3) is 0.471. The van der Waals surface area contributed by atoms with Gasteiger partial charge >= 0.3 is 5.97 Å². The number of alkyl halides is 2. The van der Waals surface area contributed by atoms with Crippen molar-refractivity contribution in [1.29, 1.82) is 0 Å². The highest BCUT2D eigenvalue weighted by molar-refractivity contribution is 5.72. The van der Waals surface area contributed by atoms with Crippen LogP contribution >= 0.6 is 0 Å². The van der Waals surface area contributed by atoms with E-state index in [2.05, 4.69) is 0 Å². The number of carbonyl (C=O) groups is 1. The van der Waals surface area contributed by atoms with Gasteiger partial charge in [0.15, 0.2) is 6.61 Å². The number of ether oxygens (including phenoxy) is 2. The average molecular weight is 324 g/mol. The highest BCUT2D eigenvalue weighted by atomic mass is 19.3. The maximum atomic E-state index is 13.9. The number of hydrogen-bond acceptors (Lipinski definition) is 4. The third-order valence-electron chi connectivity index (χ3n) is 4.31. The van der Waals surface area contributed by atoms with Crippen molar-refractivity contribution in [2.45, 2.75) is 31.0 Å². The summed E-state index contributed by atoms with van der Waals surface area (Å²) in [6.45, 7) is -0.778. The number of aliphatic hydroxyl groups excluding tert-OH is 1. The van der Waals surface area contributed by atoms with Crippen LogP contribution in [0.4, 0.5) is 8.78 Å². The van der Waals surface area contributed by atoms with Gasteiger partial charge < -0.3 is 14.6 Å². The predicted molar refractivity (Wildman–Crippen MR) is 78.1 cm³/mol. The maximum Gasteiger partial charge on any atom is 0.306 e.